The van der Waals surface area contributed by atoms with Gasteiger partial charge in [-0.15, -0.1) is 0 Å². The molecule has 2 N–H and O–H groups in total. The zero-order valence-corrected chi connectivity index (χ0v) is 33.1. The molecule has 1 unspecified atom stereocenters. The molecule has 12 nitrogen and oxygen atoms in total. The van der Waals surface area contributed by atoms with Gasteiger partial charge in [0.05, 0.1) is 24.5 Å². The molecule has 310 valence electrons. The SMILES string of the molecule is CC(=O)OC1C[C@@H](Cc2c(-c3[nH]c4cc(F)ccc4c3C[C@@H]3C[C@H](OC(C)=O)CN3C(=O)OCc3ccccc3)[nH]c3cc(F)ccc23)N(C(=O)OCc2ccccc2)C1. The van der Waals surface area contributed by atoms with Crippen molar-refractivity contribution in [2.24, 2.45) is 0 Å². The molecule has 2 aromatic heterocycles. The molecule has 4 atom stereocenters. The Hall–Kier alpha value is -6.70. The summed E-state index contributed by atoms with van der Waals surface area (Å²) in [6, 6.07) is 26.4. The molecule has 8 rings (SSSR count). The van der Waals surface area contributed by atoms with Crippen LogP contribution in [0.15, 0.2) is 97.1 Å². The van der Waals surface area contributed by atoms with Gasteiger partial charge in [0.25, 0.3) is 0 Å². The van der Waals surface area contributed by atoms with Crippen LogP contribution in [-0.2, 0) is 54.6 Å². The van der Waals surface area contributed by atoms with Crippen LogP contribution in [0, 0.1) is 11.6 Å². The molecule has 60 heavy (non-hydrogen) atoms. The number of nitrogens with one attached hydrogen (secondary N) is 2. The molecular weight excluding hydrogens is 775 g/mol. The highest BCUT2D eigenvalue weighted by molar-refractivity contribution is 5.96. The molecule has 2 amide bonds. The molecule has 4 aromatic carbocycles. The molecular formula is C46H44F2N4O8. The van der Waals surface area contributed by atoms with Crippen LogP contribution in [0.1, 0.15) is 48.9 Å². The van der Waals surface area contributed by atoms with Gasteiger partial charge in [-0.2, -0.15) is 0 Å². The van der Waals surface area contributed by atoms with Crippen LogP contribution in [0.25, 0.3) is 33.2 Å². The Labute approximate surface area is 344 Å². The minimum absolute atomic E-state index is 0.0457. The summed E-state index contributed by atoms with van der Waals surface area (Å²) in [7, 11) is 0. The topological polar surface area (TPSA) is 143 Å². The maximum atomic E-state index is 14.9. The average Bonchev–Trinajstić information content (AvgIpc) is 3.99. The van der Waals surface area contributed by atoms with Gasteiger partial charge in [0.1, 0.15) is 37.1 Å². The Bertz CT molecular complexity index is 2370. The van der Waals surface area contributed by atoms with E-state index in [0.717, 1.165) is 22.3 Å². The van der Waals surface area contributed by atoms with Crippen molar-refractivity contribution in [3.8, 4) is 11.4 Å². The number of aromatic nitrogens is 2. The molecule has 4 heterocycles. The summed E-state index contributed by atoms with van der Waals surface area (Å²) in [4.78, 5) is 61.7. The first-order valence-corrected chi connectivity index (χ1v) is 19.9. The second-order valence-electron chi connectivity index (χ2n) is 15.4. The van der Waals surface area contributed by atoms with Crippen molar-refractivity contribution in [1.82, 2.24) is 19.8 Å². The first kappa shape index (κ1) is 40.1. The van der Waals surface area contributed by atoms with Gasteiger partial charge in [-0.25, -0.2) is 18.4 Å². The second-order valence-corrected chi connectivity index (χ2v) is 15.4. The van der Waals surface area contributed by atoms with E-state index >= 15 is 0 Å². The number of nitrogens with zero attached hydrogens (tertiary/aromatic N) is 2. The molecule has 2 aliphatic rings. The molecule has 0 aliphatic carbocycles. The second kappa shape index (κ2) is 17.3. The summed E-state index contributed by atoms with van der Waals surface area (Å²) in [6.45, 7) is 2.96. The van der Waals surface area contributed by atoms with E-state index in [0.29, 0.717) is 46.0 Å². The Morgan fingerprint density at radius 3 is 1.38 bits per heavy atom. The standard InChI is InChI=1S/C46H44F2N4O8/c1-27(53)59-35-19-33(51(23-35)45(55)57-25-29-9-5-3-6-10-29)21-39-37-15-13-31(47)17-41(37)49-43(39)44-40(38-16-14-32(48)18-42(38)50-44)22-34-20-36(60-28(2)54)24-52(34)46(56)58-26-30-11-7-4-8-12-30/h3-18,33-36,49-50H,19-26H2,1-2H3/t33-,34-,35-,36?/m0/s1. The van der Waals surface area contributed by atoms with Crippen LogP contribution in [0.2, 0.25) is 0 Å². The monoisotopic (exact) mass is 818 g/mol. The van der Waals surface area contributed by atoms with Crippen molar-refractivity contribution >= 4 is 45.9 Å². The lowest BCUT2D eigenvalue weighted by molar-refractivity contribution is -0.146. The molecule has 0 spiro atoms. The summed E-state index contributed by atoms with van der Waals surface area (Å²) in [5, 5.41) is 1.38. The van der Waals surface area contributed by atoms with E-state index in [1.807, 2.05) is 60.7 Å². The van der Waals surface area contributed by atoms with Crippen LogP contribution in [0.3, 0.4) is 0 Å². The number of esters is 2. The molecule has 2 saturated heterocycles. The minimum Gasteiger partial charge on any atom is -0.461 e. The Morgan fingerprint density at radius 2 is 1.00 bits per heavy atom. The number of likely N-dealkylation sites (tertiary alicyclic amines) is 2. The molecule has 0 radical (unpaired) electrons. The van der Waals surface area contributed by atoms with Crippen molar-refractivity contribution in [2.45, 2.75) is 77.0 Å². The number of fused-ring (bicyclic) bond motifs is 2. The number of carbonyl (C=O) groups excluding carboxylic acids is 4. The first-order chi connectivity index (χ1) is 29.0. The molecule has 2 aliphatic heterocycles. The van der Waals surface area contributed by atoms with Crippen LogP contribution in [-0.4, -0.2) is 81.3 Å². The first-order valence-electron chi connectivity index (χ1n) is 19.9. The van der Waals surface area contributed by atoms with Crippen molar-refractivity contribution in [1.29, 1.82) is 0 Å². The average molecular weight is 819 g/mol. The van der Waals surface area contributed by atoms with Crippen molar-refractivity contribution in [2.75, 3.05) is 13.1 Å². The van der Waals surface area contributed by atoms with Gasteiger partial charge in [-0.3, -0.25) is 9.59 Å². The van der Waals surface area contributed by atoms with Crippen LogP contribution in [0.4, 0.5) is 18.4 Å². The number of H-pyrrole nitrogens is 2. The third-order valence-corrected chi connectivity index (χ3v) is 11.2. The third kappa shape index (κ3) is 8.82. The Balaban J connectivity index is 1.17. The lowest BCUT2D eigenvalue weighted by Gasteiger charge is -2.25. The van der Waals surface area contributed by atoms with E-state index in [-0.39, 0.29) is 39.1 Å². The van der Waals surface area contributed by atoms with Gasteiger partial charge in [-0.05, 0) is 71.5 Å². The van der Waals surface area contributed by atoms with Gasteiger partial charge in [-0.1, -0.05) is 60.7 Å². The fourth-order valence-corrected chi connectivity index (χ4v) is 8.60. The lowest BCUT2D eigenvalue weighted by atomic mass is 9.95. The van der Waals surface area contributed by atoms with Gasteiger partial charge in [0.2, 0.25) is 0 Å². The number of amides is 2. The Morgan fingerprint density at radius 1 is 0.600 bits per heavy atom. The summed E-state index contributed by atoms with van der Waals surface area (Å²) in [6.07, 6.45) is -1.19. The van der Waals surface area contributed by atoms with E-state index in [2.05, 4.69) is 9.97 Å². The molecule has 0 bridgehead atoms. The summed E-state index contributed by atoms with van der Waals surface area (Å²) < 4.78 is 52.4. The number of rotatable bonds is 11. The fraction of sp³-hybridized carbons (Fsp3) is 0.304. The number of hydrogen-bond donors (Lipinski definition) is 2. The van der Waals surface area contributed by atoms with Crippen LogP contribution < -0.4 is 0 Å². The van der Waals surface area contributed by atoms with Crippen LogP contribution in [0.5, 0.6) is 0 Å². The number of aromatic amines is 2. The smallest absolute Gasteiger partial charge is 0.410 e. The van der Waals surface area contributed by atoms with Crippen molar-refractivity contribution in [3.63, 3.8) is 0 Å². The van der Waals surface area contributed by atoms with Crippen LogP contribution >= 0.6 is 0 Å². The predicted octanol–water partition coefficient (Wildman–Crippen LogP) is 8.37. The highest BCUT2D eigenvalue weighted by atomic mass is 19.1. The number of halogens is 2. The number of hydrogen-bond acceptors (Lipinski definition) is 8. The van der Waals surface area contributed by atoms with E-state index in [1.54, 1.807) is 21.9 Å². The summed E-state index contributed by atoms with van der Waals surface area (Å²) >= 11 is 0. The zero-order valence-electron chi connectivity index (χ0n) is 33.1. The van der Waals surface area contributed by atoms with E-state index in [9.17, 15) is 28.0 Å². The van der Waals surface area contributed by atoms with Gasteiger partial charge < -0.3 is 38.7 Å². The van der Waals surface area contributed by atoms with Crippen molar-refractivity contribution in [3.05, 3.63) is 131 Å². The normalized spacial score (nSPS) is 18.9. The van der Waals surface area contributed by atoms with E-state index < -0.39 is 60.1 Å². The van der Waals surface area contributed by atoms with Crippen molar-refractivity contribution < 1.29 is 46.9 Å². The number of benzene rings is 4. The summed E-state index contributed by atoms with van der Waals surface area (Å²) in [5.74, 6) is -1.88. The highest BCUT2D eigenvalue weighted by Gasteiger charge is 2.41. The maximum absolute atomic E-state index is 14.9. The summed E-state index contributed by atoms with van der Waals surface area (Å²) in [5.41, 5.74) is 5.22. The largest absolute Gasteiger partial charge is 0.461 e. The molecule has 14 heteroatoms. The molecule has 6 aromatic rings. The molecule has 2 fully saturated rings. The van der Waals surface area contributed by atoms with E-state index in [1.165, 1.54) is 38.1 Å². The lowest BCUT2D eigenvalue weighted by Crippen LogP contribution is -2.38. The van der Waals surface area contributed by atoms with Gasteiger partial charge >= 0.3 is 24.1 Å². The molecule has 0 saturated carbocycles. The van der Waals surface area contributed by atoms with E-state index in [4.69, 9.17) is 18.9 Å². The predicted molar refractivity (Wildman–Crippen MR) is 217 cm³/mol. The minimum atomic E-state index is -0.588. The third-order valence-electron chi connectivity index (χ3n) is 11.2. The van der Waals surface area contributed by atoms with Gasteiger partial charge in [0.15, 0.2) is 0 Å². The van der Waals surface area contributed by atoms with Gasteiger partial charge in [0, 0.05) is 60.6 Å². The zero-order chi connectivity index (χ0) is 41.9. The fourth-order valence-electron chi connectivity index (χ4n) is 8.60. The number of ether oxygens (including phenoxy) is 4. The Kier molecular flexibility index (Phi) is 11.5. The quantitative estimate of drug-likeness (QED) is 0.0981. The number of carbonyl (C=O) groups is 4. The highest BCUT2D eigenvalue weighted by Crippen LogP contribution is 2.40. The maximum Gasteiger partial charge on any atom is 0.410 e.